The normalized spacial score (nSPS) is 10.3. The second-order valence-electron chi connectivity index (χ2n) is 6.56. The van der Waals surface area contributed by atoms with Gasteiger partial charge in [-0.15, -0.1) is 0 Å². The number of carbonyl (C=O) groups excluding carboxylic acids is 2. The number of ether oxygens (including phenoxy) is 3. The molecular formula is C22H21N3O8. The fraction of sp³-hybridized carbons (Fsp3) is 0.182. The number of furan rings is 1. The van der Waals surface area contributed by atoms with Crippen LogP contribution in [0.4, 0.5) is 11.4 Å². The number of anilines is 1. The Kier molecular flexibility index (Phi) is 7.13. The van der Waals surface area contributed by atoms with E-state index < -0.39 is 22.4 Å². The second-order valence-corrected chi connectivity index (χ2v) is 6.56. The Labute approximate surface area is 188 Å². The second kappa shape index (κ2) is 10.2. The van der Waals surface area contributed by atoms with Crippen LogP contribution in [0.1, 0.15) is 26.5 Å². The van der Waals surface area contributed by atoms with Gasteiger partial charge >= 0.3 is 5.69 Å². The number of nitro benzene ring substituents is 1. The number of amides is 2. The van der Waals surface area contributed by atoms with Crippen molar-refractivity contribution in [2.75, 3.05) is 26.6 Å². The number of methoxy groups -OCH3 is 3. The van der Waals surface area contributed by atoms with Crippen LogP contribution in [-0.2, 0) is 6.54 Å². The molecule has 0 radical (unpaired) electrons. The number of nitrogens with zero attached hydrogens (tertiary/aromatic N) is 1. The van der Waals surface area contributed by atoms with E-state index in [9.17, 15) is 19.7 Å². The maximum absolute atomic E-state index is 13.1. The summed E-state index contributed by atoms with van der Waals surface area (Å²) in [4.78, 5) is 36.8. The molecule has 2 amide bonds. The minimum Gasteiger partial charge on any atom is -0.493 e. The largest absolute Gasteiger partial charge is 0.493 e. The average Bonchev–Trinajstić information content (AvgIpc) is 3.34. The molecular weight excluding hydrogens is 434 g/mol. The molecule has 172 valence electrons. The number of nitro groups is 1. The van der Waals surface area contributed by atoms with Crippen molar-refractivity contribution < 1.29 is 33.1 Å². The summed E-state index contributed by atoms with van der Waals surface area (Å²) in [5, 5.41) is 17.0. The van der Waals surface area contributed by atoms with E-state index in [2.05, 4.69) is 10.6 Å². The Morgan fingerprint density at radius 1 is 0.970 bits per heavy atom. The SMILES string of the molecule is COc1cc(C(=O)Nc2ccccc2C(=O)NCc2ccco2)c([N+](=O)[O-])c(OC)c1OC. The third-order valence-electron chi connectivity index (χ3n) is 4.65. The molecule has 3 aromatic rings. The molecule has 11 heteroatoms. The monoisotopic (exact) mass is 455 g/mol. The van der Waals surface area contributed by atoms with E-state index in [4.69, 9.17) is 18.6 Å². The quantitative estimate of drug-likeness (QED) is 0.369. The average molecular weight is 455 g/mol. The summed E-state index contributed by atoms with van der Waals surface area (Å²) in [5.74, 6) is -0.987. The summed E-state index contributed by atoms with van der Waals surface area (Å²) >= 11 is 0. The van der Waals surface area contributed by atoms with Gasteiger partial charge in [-0.1, -0.05) is 12.1 Å². The van der Waals surface area contributed by atoms with Crippen molar-refractivity contribution in [1.29, 1.82) is 0 Å². The van der Waals surface area contributed by atoms with Gasteiger partial charge in [0.25, 0.3) is 11.8 Å². The van der Waals surface area contributed by atoms with Gasteiger partial charge in [0.1, 0.15) is 11.3 Å². The van der Waals surface area contributed by atoms with Gasteiger partial charge in [-0.3, -0.25) is 19.7 Å². The van der Waals surface area contributed by atoms with Crippen LogP contribution in [0.3, 0.4) is 0 Å². The van der Waals surface area contributed by atoms with Gasteiger partial charge in [0.15, 0.2) is 5.75 Å². The van der Waals surface area contributed by atoms with Gasteiger partial charge in [-0.05, 0) is 24.3 Å². The molecule has 0 aliphatic carbocycles. The summed E-state index contributed by atoms with van der Waals surface area (Å²) in [5.41, 5.74) is -0.623. The molecule has 1 heterocycles. The molecule has 2 aromatic carbocycles. The fourth-order valence-electron chi connectivity index (χ4n) is 3.15. The highest BCUT2D eigenvalue weighted by atomic mass is 16.6. The van der Waals surface area contributed by atoms with Crippen LogP contribution in [0.2, 0.25) is 0 Å². The van der Waals surface area contributed by atoms with Crippen molar-refractivity contribution in [3.63, 3.8) is 0 Å². The van der Waals surface area contributed by atoms with Crippen molar-refractivity contribution in [1.82, 2.24) is 5.32 Å². The summed E-state index contributed by atoms with van der Waals surface area (Å²) in [6.07, 6.45) is 1.49. The van der Waals surface area contributed by atoms with E-state index in [1.807, 2.05) is 0 Å². The minimum absolute atomic E-state index is 0.0269. The molecule has 0 unspecified atom stereocenters. The first kappa shape index (κ1) is 23.1. The lowest BCUT2D eigenvalue weighted by molar-refractivity contribution is -0.386. The molecule has 0 bridgehead atoms. The smallest absolute Gasteiger partial charge is 0.327 e. The number of benzene rings is 2. The van der Waals surface area contributed by atoms with E-state index in [0.29, 0.717) is 5.76 Å². The zero-order chi connectivity index (χ0) is 24.0. The van der Waals surface area contributed by atoms with Crippen LogP contribution in [0.25, 0.3) is 0 Å². The first-order valence-electron chi connectivity index (χ1n) is 9.59. The van der Waals surface area contributed by atoms with Crippen LogP contribution in [0, 0.1) is 10.1 Å². The number of nitrogens with one attached hydrogen (secondary N) is 2. The standard InChI is InChI=1S/C22H21N3O8/c1-30-17-11-15(18(25(28)29)20(32-3)19(17)31-2)22(27)24-16-9-5-4-8-14(16)21(26)23-12-13-7-6-10-33-13/h4-11H,12H2,1-3H3,(H,23,26)(H,24,27). The molecule has 0 saturated heterocycles. The molecule has 33 heavy (non-hydrogen) atoms. The van der Waals surface area contributed by atoms with Crippen molar-refractivity contribution in [3.8, 4) is 17.2 Å². The Morgan fingerprint density at radius 2 is 1.70 bits per heavy atom. The van der Waals surface area contributed by atoms with Crippen LogP contribution >= 0.6 is 0 Å². The van der Waals surface area contributed by atoms with Crippen molar-refractivity contribution in [2.45, 2.75) is 6.54 Å². The Hall–Kier alpha value is -4.54. The highest BCUT2D eigenvalue weighted by molar-refractivity contribution is 6.11. The van der Waals surface area contributed by atoms with Gasteiger partial charge < -0.3 is 29.3 Å². The van der Waals surface area contributed by atoms with Crippen molar-refractivity contribution in [2.24, 2.45) is 0 Å². The van der Waals surface area contributed by atoms with Gasteiger partial charge in [0, 0.05) is 6.07 Å². The molecule has 2 N–H and O–H groups in total. The minimum atomic E-state index is -0.841. The zero-order valence-corrected chi connectivity index (χ0v) is 18.0. The number of para-hydroxylation sites is 1. The Bertz CT molecular complexity index is 1170. The molecule has 0 atom stereocenters. The molecule has 0 saturated carbocycles. The molecule has 0 aliphatic heterocycles. The first-order chi connectivity index (χ1) is 15.9. The molecule has 0 spiro atoms. The summed E-state index contributed by atoms with van der Waals surface area (Å²) in [6.45, 7) is 0.145. The lowest BCUT2D eigenvalue weighted by Crippen LogP contribution is -2.25. The maximum Gasteiger partial charge on any atom is 0.327 e. The topological polar surface area (TPSA) is 142 Å². The maximum atomic E-state index is 13.1. The number of rotatable bonds is 9. The number of hydrogen-bond acceptors (Lipinski definition) is 8. The molecule has 3 rings (SSSR count). The van der Waals surface area contributed by atoms with E-state index in [0.717, 1.165) is 0 Å². The molecule has 11 nitrogen and oxygen atoms in total. The van der Waals surface area contributed by atoms with Crippen LogP contribution in [-0.4, -0.2) is 38.1 Å². The van der Waals surface area contributed by atoms with Gasteiger partial charge in [-0.25, -0.2) is 0 Å². The van der Waals surface area contributed by atoms with E-state index >= 15 is 0 Å². The van der Waals surface area contributed by atoms with Crippen molar-refractivity contribution >= 4 is 23.2 Å². The van der Waals surface area contributed by atoms with Crippen LogP contribution in [0.15, 0.2) is 53.1 Å². The van der Waals surface area contributed by atoms with Gasteiger partial charge in [0.2, 0.25) is 11.5 Å². The molecule has 1 aromatic heterocycles. The summed E-state index contributed by atoms with van der Waals surface area (Å²) < 4.78 is 20.7. The van der Waals surface area contributed by atoms with Crippen molar-refractivity contribution in [3.05, 3.63) is 75.7 Å². The molecule has 0 fully saturated rings. The Morgan fingerprint density at radius 3 is 2.30 bits per heavy atom. The van der Waals surface area contributed by atoms with Crippen LogP contribution in [0.5, 0.6) is 17.2 Å². The number of carbonyl (C=O) groups is 2. The lowest BCUT2D eigenvalue weighted by atomic mass is 10.1. The predicted octanol–water partition coefficient (Wildman–Crippen LogP) is 3.40. The van der Waals surface area contributed by atoms with E-state index in [1.165, 1.54) is 45.8 Å². The van der Waals surface area contributed by atoms with Crippen LogP contribution < -0.4 is 24.8 Å². The van der Waals surface area contributed by atoms with Gasteiger partial charge in [-0.2, -0.15) is 0 Å². The highest BCUT2D eigenvalue weighted by Crippen LogP contribution is 2.46. The van der Waals surface area contributed by atoms with E-state index in [-0.39, 0.29) is 40.6 Å². The van der Waals surface area contributed by atoms with Gasteiger partial charge in [0.05, 0.1) is 50.3 Å². The molecule has 0 aliphatic rings. The first-order valence-corrected chi connectivity index (χ1v) is 9.59. The Balaban J connectivity index is 1.95. The third-order valence-corrected chi connectivity index (χ3v) is 4.65. The highest BCUT2D eigenvalue weighted by Gasteiger charge is 2.32. The fourth-order valence-corrected chi connectivity index (χ4v) is 3.15. The summed E-state index contributed by atoms with van der Waals surface area (Å²) in [6, 6.07) is 10.8. The third kappa shape index (κ3) is 4.87. The lowest BCUT2D eigenvalue weighted by Gasteiger charge is -2.15. The van der Waals surface area contributed by atoms with E-state index in [1.54, 1.807) is 24.3 Å². The number of hydrogen-bond donors (Lipinski definition) is 2. The predicted molar refractivity (Wildman–Crippen MR) is 117 cm³/mol. The summed E-state index contributed by atoms with van der Waals surface area (Å²) in [7, 11) is 3.83. The zero-order valence-electron chi connectivity index (χ0n) is 18.0.